The smallest absolute Gasteiger partial charge is 0.339 e. The van der Waals surface area contributed by atoms with Crippen molar-refractivity contribution < 1.29 is 23.5 Å². The van der Waals surface area contributed by atoms with Crippen LogP contribution in [0, 0.1) is 0 Å². The molecule has 0 radical (unpaired) electrons. The first-order chi connectivity index (χ1) is 19.5. The monoisotopic (exact) mass is 549 g/mol. The van der Waals surface area contributed by atoms with E-state index in [1.807, 2.05) is 78.2 Å². The number of oxazole rings is 1. The van der Waals surface area contributed by atoms with Crippen molar-refractivity contribution in [2.75, 3.05) is 12.4 Å². The van der Waals surface area contributed by atoms with Crippen LogP contribution in [-0.4, -0.2) is 35.1 Å². The van der Waals surface area contributed by atoms with Crippen LogP contribution in [-0.2, 0) is 9.53 Å². The molecule has 0 bridgehead atoms. The number of ether oxygens (including phenoxy) is 2. The summed E-state index contributed by atoms with van der Waals surface area (Å²) in [6.07, 6.45) is -1.07. The summed E-state index contributed by atoms with van der Waals surface area (Å²) in [7, 11) is 1.59. The molecule has 0 aliphatic rings. The number of nitrogens with one attached hydrogen (secondary N) is 1. The average Bonchev–Trinajstić information content (AvgIpc) is 3.63. The Hall–Kier alpha value is -5.02. The van der Waals surface area contributed by atoms with Crippen molar-refractivity contribution in [3.05, 3.63) is 95.9 Å². The Kier molecular flexibility index (Phi) is 6.71. The number of methoxy groups -OCH3 is 1. The van der Waals surface area contributed by atoms with Crippen LogP contribution in [0.1, 0.15) is 17.3 Å². The SMILES string of the molecule is COc1ccccc1-c1csc(NC(=O)C(C)OC(=O)c2cccc3cccc(-c4nc5ccccc5o4)c23)n1. The van der Waals surface area contributed by atoms with Gasteiger partial charge in [-0.15, -0.1) is 11.3 Å². The van der Waals surface area contributed by atoms with E-state index in [-0.39, 0.29) is 0 Å². The fourth-order valence-electron chi connectivity index (χ4n) is 4.47. The number of rotatable bonds is 7. The number of aromatic nitrogens is 2. The summed E-state index contributed by atoms with van der Waals surface area (Å²) < 4.78 is 17.0. The number of hydrogen-bond acceptors (Lipinski definition) is 8. The lowest BCUT2D eigenvalue weighted by Crippen LogP contribution is -2.30. The normalized spacial score (nSPS) is 11.8. The minimum absolute atomic E-state index is 0.308. The number of hydrogen-bond donors (Lipinski definition) is 1. The third-order valence-corrected chi connectivity index (χ3v) is 7.18. The summed E-state index contributed by atoms with van der Waals surface area (Å²) >= 11 is 1.27. The van der Waals surface area contributed by atoms with Gasteiger partial charge in [0, 0.05) is 21.9 Å². The molecule has 0 fully saturated rings. The Balaban J connectivity index is 1.23. The van der Waals surface area contributed by atoms with Gasteiger partial charge < -0.3 is 13.9 Å². The topological polar surface area (TPSA) is 104 Å². The minimum Gasteiger partial charge on any atom is -0.496 e. The van der Waals surface area contributed by atoms with Gasteiger partial charge in [0.25, 0.3) is 5.91 Å². The van der Waals surface area contributed by atoms with Crippen LogP contribution >= 0.6 is 11.3 Å². The van der Waals surface area contributed by atoms with Gasteiger partial charge in [0.2, 0.25) is 5.89 Å². The van der Waals surface area contributed by atoms with E-state index >= 15 is 0 Å². The molecule has 6 aromatic rings. The van der Waals surface area contributed by atoms with Crippen LogP contribution in [0.25, 0.3) is 44.6 Å². The van der Waals surface area contributed by atoms with Crippen LogP contribution < -0.4 is 10.1 Å². The van der Waals surface area contributed by atoms with E-state index in [0.717, 1.165) is 16.5 Å². The van der Waals surface area contributed by atoms with Gasteiger partial charge in [-0.1, -0.05) is 48.5 Å². The van der Waals surface area contributed by atoms with E-state index in [4.69, 9.17) is 13.9 Å². The lowest BCUT2D eigenvalue weighted by atomic mass is 9.99. The van der Waals surface area contributed by atoms with E-state index < -0.39 is 18.0 Å². The number of anilines is 1. The lowest BCUT2D eigenvalue weighted by Gasteiger charge is -2.14. The van der Waals surface area contributed by atoms with Crippen LogP contribution in [0.2, 0.25) is 0 Å². The molecule has 198 valence electrons. The number of carbonyl (C=O) groups excluding carboxylic acids is 2. The number of nitrogens with zero attached hydrogens (tertiary/aromatic N) is 2. The van der Waals surface area contributed by atoms with Crippen LogP contribution in [0.4, 0.5) is 5.13 Å². The Morgan fingerprint density at radius 1 is 0.900 bits per heavy atom. The summed E-state index contributed by atoms with van der Waals surface area (Å²) in [4.78, 5) is 35.4. The quantitative estimate of drug-likeness (QED) is 0.215. The molecule has 1 unspecified atom stereocenters. The van der Waals surface area contributed by atoms with Crippen LogP contribution in [0.15, 0.2) is 94.7 Å². The van der Waals surface area contributed by atoms with Crippen LogP contribution in [0.3, 0.4) is 0 Å². The minimum atomic E-state index is -1.07. The van der Waals surface area contributed by atoms with E-state index in [2.05, 4.69) is 15.3 Å². The zero-order valence-corrected chi connectivity index (χ0v) is 22.4. The maximum Gasteiger partial charge on any atom is 0.339 e. The standard InChI is InChI=1S/C31H23N3O5S/c1-18(28(35)34-31-33-24(17-40-31)20-11-3-5-15-25(20)37-2)38-30(36)22-13-8-10-19-9-7-12-21(27(19)22)29-32-23-14-4-6-16-26(23)39-29/h3-18H,1-2H3,(H,33,34,35). The fraction of sp³-hybridized carbons (Fsp3) is 0.0968. The first-order valence-electron chi connectivity index (χ1n) is 12.5. The molecule has 0 aliphatic heterocycles. The molecule has 40 heavy (non-hydrogen) atoms. The highest BCUT2D eigenvalue weighted by atomic mass is 32.1. The molecule has 2 heterocycles. The molecule has 1 N–H and O–H groups in total. The third-order valence-electron chi connectivity index (χ3n) is 6.42. The molecule has 0 aliphatic carbocycles. The van der Waals surface area contributed by atoms with Crippen molar-refractivity contribution in [1.29, 1.82) is 0 Å². The van der Waals surface area contributed by atoms with E-state index in [0.29, 0.717) is 44.6 Å². The first kappa shape index (κ1) is 25.3. The summed E-state index contributed by atoms with van der Waals surface area (Å²) in [5.41, 5.74) is 3.82. The van der Waals surface area contributed by atoms with Gasteiger partial charge in [0.1, 0.15) is 11.3 Å². The second-order valence-corrected chi connectivity index (χ2v) is 9.83. The van der Waals surface area contributed by atoms with Crippen molar-refractivity contribution in [2.45, 2.75) is 13.0 Å². The number of fused-ring (bicyclic) bond motifs is 2. The Morgan fingerprint density at radius 2 is 1.65 bits per heavy atom. The van der Waals surface area contributed by atoms with Gasteiger partial charge in [0.15, 0.2) is 16.8 Å². The van der Waals surface area contributed by atoms with Gasteiger partial charge in [-0.25, -0.2) is 14.8 Å². The zero-order chi connectivity index (χ0) is 27.6. The molecule has 1 atom stereocenters. The van der Waals surface area contributed by atoms with Gasteiger partial charge in [-0.3, -0.25) is 10.1 Å². The average molecular weight is 550 g/mol. The number of carbonyl (C=O) groups is 2. The second-order valence-electron chi connectivity index (χ2n) is 8.97. The number of esters is 1. The van der Waals surface area contributed by atoms with Gasteiger partial charge in [0.05, 0.1) is 18.4 Å². The fourth-order valence-corrected chi connectivity index (χ4v) is 5.19. The van der Waals surface area contributed by atoms with Crippen molar-refractivity contribution in [1.82, 2.24) is 9.97 Å². The molecule has 0 saturated heterocycles. The number of benzene rings is 4. The summed E-state index contributed by atoms with van der Waals surface area (Å²) in [5, 5.41) is 6.41. The van der Waals surface area contributed by atoms with E-state index in [1.54, 1.807) is 19.2 Å². The zero-order valence-electron chi connectivity index (χ0n) is 21.6. The molecule has 4 aromatic carbocycles. The lowest BCUT2D eigenvalue weighted by molar-refractivity contribution is -0.123. The molecule has 2 aromatic heterocycles. The Morgan fingerprint density at radius 3 is 2.48 bits per heavy atom. The van der Waals surface area contributed by atoms with Gasteiger partial charge in [-0.05, 0) is 48.7 Å². The second kappa shape index (κ2) is 10.6. The van der Waals surface area contributed by atoms with E-state index in [1.165, 1.54) is 18.3 Å². The molecule has 0 saturated carbocycles. The molecule has 9 heteroatoms. The molecule has 8 nitrogen and oxygen atoms in total. The molecule has 6 rings (SSSR count). The molecular formula is C31H23N3O5S. The molecule has 0 spiro atoms. The van der Waals surface area contributed by atoms with Crippen molar-refractivity contribution >= 4 is 50.2 Å². The largest absolute Gasteiger partial charge is 0.496 e. The molecule has 1 amide bonds. The van der Waals surface area contributed by atoms with E-state index in [9.17, 15) is 9.59 Å². The van der Waals surface area contributed by atoms with Crippen molar-refractivity contribution in [3.8, 4) is 28.5 Å². The number of thiazole rings is 1. The summed E-state index contributed by atoms with van der Waals surface area (Å²) in [6.45, 7) is 1.52. The highest BCUT2D eigenvalue weighted by Crippen LogP contribution is 2.34. The van der Waals surface area contributed by atoms with Gasteiger partial charge >= 0.3 is 5.97 Å². The third kappa shape index (κ3) is 4.78. The highest BCUT2D eigenvalue weighted by molar-refractivity contribution is 7.14. The van der Waals surface area contributed by atoms with Gasteiger partial charge in [-0.2, -0.15) is 0 Å². The van der Waals surface area contributed by atoms with Crippen LogP contribution in [0.5, 0.6) is 5.75 Å². The van der Waals surface area contributed by atoms with Crippen molar-refractivity contribution in [3.63, 3.8) is 0 Å². The number of amides is 1. The maximum absolute atomic E-state index is 13.4. The first-order valence-corrected chi connectivity index (χ1v) is 13.4. The summed E-state index contributed by atoms with van der Waals surface area (Å²) in [6, 6.07) is 25.9. The number of para-hydroxylation sites is 3. The molecular weight excluding hydrogens is 526 g/mol. The Labute approximate surface area is 233 Å². The maximum atomic E-state index is 13.4. The predicted octanol–water partition coefficient (Wildman–Crippen LogP) is 6.96. The highest BCUT2D eigenvalue weighted by Gasteiger charge is 2.23. The summed E-state index contributed by atoms with van der Waals surface area (Å²) in [5.74, 6) is -0.0490. The predicted molar refractivity (Wildman–Crippen MR) is 155 cm³/mol. The van der Waals surface area contributed by atoms with Crippen molar-refractivity contribution in [2.24, 2.45) is 0 Å². The Bertz CT molecular complexity index is 1840.